The normalized spacial score (nSPS) is 9.68. The van der Waals surface area contributed by atoms with Crippen molar-refractivity contribution in [3.8, 4) is 17.6 Å². The van der Waals surface area contributed by atoms with Gasteiger partial charge in [0.25, 0.3) is 0 Å². The number of methoxy groups -OCH3 is 2. The molecule has 0 amide bonds. The summed E-state index contributed by atoms with van der Waals surface area (Å²) < 4.78 is 15.6. The lowest BCUT2D eigenvalue weighted by Crippen LogP contribution is -2.06. The van der Waals surface area contributed by atoms with Gasteiger partial charge in [-0.15, -0.1) is 0 Å². The van der Waals surface area contributed by atoms with E-state index in [9.17, 15) is 4.79 Å². The first kappa shape index (κ1) is 15.4. The minimum atomic E-state index is -0.464. The number of nitrogens with zero attached hydrogens (tertiary/aromatic N) is 1. The van der Waals surface area contributed by atoms with E-state index in [1.807, 2.05) is 6.07 Å². The van der Waals surface area contributed by atoms with Crippen LogP contribution in [0.15, 0.2) is 42.5 Å². The van der Waals surface area contributed by atoms with Gasteiger partial charge in [0.1, 0.15) is 18.1 Å². The van der Waals surface area contributed by atoms with Crippen molar-refractivity contribution >= 4 is 5.97 Å². The van der Waals surface area contributed by atoms with Gasteiger partial charge in [0.2, 0.25) is 0 Å². The van der Waals surface area contributed by atoms with Crippen LogP contribution in [-0.2, 0) is 11.3 Å². The summed E-state index contributed by atoms with van der Waals surface area (Å²) in [4.78, 5) is 12.0. The highest BCUT2D eigenvalue weighted by atomic mass is 16.5. The average Bonchev–Trinajstić information content (AvgIpc) is 2.59. The smallest absolute Gasteiger partial charge is 0.338 e. The summed E-state index contributed by atoms with van der Waals surface area (Å²) in [6.07, 6.45) is 0. The van der Waals surface area contributed by atoms with E-state index in [2.05, 4.69) is 0 Å². The molecule has 0 unspecified atom stereocenters. The molecule has 0 aliphatic rings. The van der Waals surface area contributed by atoms with Crippen molar-refractivity contribution in [2.24, 2.45) is 0 Å². The summed E-state index contributed by atoms with van der Waals surface area (Å²) in [7, 11) is 3.11. The second-order valence-corrected chi connectivity index (χ2v) is 4.44. The Labute approximate surface area is 128 Å². The van der Waals surface area contributed by atoms with Crippen LogP contribution < -0.4 is 9.47 Å². The van der Waals surface area contributed by atoms with Crippen LogP contribution in [-0.4, -0.2) is 20.2 Å². The molecule has 5 nitrogen and oxygen atoms in total. The third kappa shape index (κ3) is 3.55. The van der Waals surface area contributed by atoms with Gasteiger partial charge in [-0.3, -0.25) is 0 Å². The molecule has 0 aromatic heterocycles. The highest BCUT2D eigenvalue weighted by molar-refractivity contribution is 5.89. The fraction of sp³-hybridized carbons (Fsp3) is 0.176. The molecular weight excluding hydrogens is 282 g/mol. The third-order valence-corrected chi connectivity index (χ3v) is 3.10. The Bertz CT molecular complexity index is 702. The standard InChI is InChI=1S/C17H15NO4/c1-20-15-7-8-16(21-2)14(9-15)11-22-17(19)13-5-3-12(10-18)4-6-13/h3-9H,11H2,1-2H3. The summed E-state index contributed by atoms with van der Waals surface area (Å²) in [5, 5.41) is 8.73. The van der Waals surface area contributed by atoms with Crippen molar-refractivity contribution in [2.45, 2.75) is 6.61 Å². The number of benzene rings is 2. The minimum Gasteiger partial charge on any atom is -0.497 e. The molecule has 0 saturated carbocycles. The van der Waals surface area contributed by atoms with Crippen LogP contribution in [0.4, 0.5) is 0 Å². The van der Waals surface area contributed by atoms with E-state index >= 15 is 0 Å². The summed E-state index contributed by atoms with van der Waals surface area (Å²) in [5.74, 6) is 0.813. The topological polar surface area (TPSA) is 68.6 Å². The maximum absolute atomic E-state index is 12.0. The minimum absolute atomic E-state index is 0.0687. The lowest BCUT2D eigenvalue weighted by molar-refractivity contribution is 0.0470. The number of carbonyl (C=O) groups is 1. The summed E-state index contributed by atoms with van der Waals surface area (Å²) in [5.41, 5.74) is 1.59. The number of ether oxygens (including phenoxy) is 3. The van der Waals surface area contributed by atoms with Crippen LogP contribution >= 0.6 is 0 Å². The van der Waals surface area contributed by atoms with Gasteiger partial charge in [-0.2, -0.15) is 5.26 Å². The lowest BCUT2D eigenvalue weighted by atomic mass is 10.1. The molecule has 0 N–H and O–H groups in total. The number of hydrogen-bond acceptors (Lipinski definition) is 5. The molecule has 2 aromatic rings. The molecule has 0 aliphatic carbocycles. The molecule has 5 heteroatoms. The first-order valence-electron chi connectivity index (χ1n) is 6.56. The largest absolute Gasteiger partial charge is 0.497 e. The maximum Gasteiger partial charge on any atom is 0.338 e. The van der Waals surface area contributed by atoms with Gasteiger partial charge in [0.15, 0.2) is 0 Å². The van der Waals surface area contributed by atoms with E-state index in [4.69, 9.17) is 19.5 Å². The molecular formula is C17H15NO4. The fourth-order valence-electron chi connectivity index (χ4n) is 1.90. The molecule has 0 atom stereocenters. The average molecular weight is 297 g/mol. The van der Waals surface area contributed by atoms with Gasteiger partial charge in [-0.1, -0.05) is 0 Å². The monoisotopic (exact) mass is 297 g/mol. The van der Waals surface area contributed by atoms with E-state index in [-0.39, 0.29) is 6.61 Å². The molecule has 112 valence electrons. The van der Waals surface area contributed by atoms with E-state index in [0.717, 1.165) is 0 Å². The van der Waals surface area contributed by atoms with Crippen LogP contribution in [0.5, 0.6) is 11.5 Å². The lowest BCUT2D eigenvalue weighted by Gasteiger charge is -2.11. The molecule has 0 fully saturated rings. The summed E-state index contributed by atoms with van der Waals surface area (Å²) in [6, 6.07) is 13.5. The van der Waals surface area contributed by atoms with E-state index in [1.165, 1.54) is 0 Å². The molecule has 2 aromatic carbocycles. The SMILES string of the molecule is COc1ccc(OC)c(COC(=O)c2ccc(C#N)cc2)c1. The Morgan fingerprint density at radius 1 is 1.09 bits per heavy atom. The van der Waals surface area contributed by atoms with Crippen molar-refractivity contribution in [2.75, 3.05) is 14.2 Å². The molecule has 0 spiro atoms. The highest BCUT2D eigenvalue weighted by Gasteiger charge is 2.11. The van der Waals surface area contributed by atoms with Crippen molar-refractivity contribution in [3.05, 3.63) is 59.2 Å². The Balaban J connectivity index is 2.08. The van der Waals surface area contributed by atoms with Gasteiger partial charge in [0.05, 0.1) is 31.4 Å². The fourth-order valence-corrected chi connectivity index (χ4v) is 1.90. The predicted octanol–water partition coefficient (Wildman–Crippen LogP) is 2.93. The molecule has 0 aliphatic heterocycles. The third-order valence-electron chi connectivity index (χ3n) is 3.10. The molecule has 22 heavy (non-hydrogen) atoms. The number of esters is 1. The van der Waals surface area contributed by atoms with Crippen LogP contribution in [0.25, 0.3) is 0 Å². The number of rotatable bonds is 5. The molecule has 0 heterocycles. The van der Waals surface area contributed by atoms with Crippen LogP contribution in [0.3, 0.4) is 0 Å². The predicted molar refractivity (Wildman–Crippen MR) is 79.8 cm³/mol. The van der Waals surface area contributed by atoms with Crippen LogP contribution in [0.2, 0.25) is 0 Å². The Hall–Kier alpha value is -3.00. The molecule has 0 saturated heterocycles. The van der Waals surface area contributed by atoms with Crippen LogP contribution in [0.1, 0.15) is 21.5 Å². The van der Waals surface area contributed by atoms with Gasteiger partial charge in [-0.05, 0) is 42.5 Å². The van der Waals surface area contributed by atoms with Gasteiger partial charge >= 0.3 is 5.97 Å². The Morgan fingerprint density at radius 2 is 1.82 bits per heavy atom. The summed E-state index contributed by atoms with van der Waals surface area (Å²) >= 11 is 0. The first-order chi connectivity index (χ1) is 10.7. The number of nitriles is 1. The summed E-state index contributed by atoms with van der Waals surface area (Å²) in [6.45, 7) is 0.0687. The quantitative estimate of drug-likeness (QED) is 0.794. The molecule has 0 radical (unpaired) electrons. The zero-order chi connectivity index (χ0) is 15.9. The van der Waals surface area contributed by atoms with E-state index in [0.29, 0.717) is 28.2 Å². The maximum atomic E-state index is 12.0. The van der Waals surface area contributed by atoms with Crippen molar-refractivity contribution < 1.29 is 19.0 Å². The second kappa shape index (κ2) is 7.14. The van der Waals surface area contributed by atoms with Gasteiger partial charge < -0.3 is 14.2 Å². The van der Waals surface area contributed by atoms with Gasteiger partial charge in [-0.25, -0.2) is 4.79 Å². The number of carbonyl (C=O) groups excluding carboxylic acids is 1. The first-order valence-corrected chi connectivity index (χ1v) is 6.56. The zero-order valence-corrected chi connectivity index (χ0v) is 12.3. The van der Waals surface area contributed by atoms with E-state index < -0.39 is 5.97 Å². The Morgan fingerprint density at radius 3 is 2.41 bits per heavy atom. The van der Waals surface area contributed by atoms with Crippen molar-refractivity contribution in [1.82, 2.24) is 0 Å². The van der Waals surface area contributed by atoms with Crippen molar-refractivity contribution in [1.29, 1.82) is 5.26 Å². The molecule has 2 rings (SSSR count). The number of hydrogen-bond donors (Lipinski definition) is 0. The van der Waals surface area contributed by atoms with E-state index in [1.54, 1.807) is 56.7 Å². The Kier molecular flexibility index (Phi) is 4.99. The highest BCUT2D eigenvalue weighted by Crippen LogP contribution is 2.24. The molecule has 0 bridgehead atoms. The van der Waals surface area contributed by atoms with Gasteiger partial charge in [0, 0.05) is 5.56 Å². The van der Waals surface area contributed by atoms with Crippen LogP contribution in [0, 0.1) is 11.3 Å². The van der Waals surface area contributed by atoms with Crippen molar-refractivity contribution in [3.63, 3.8) is 0 Å². The second-order valence-electron chi connectivity index (χ2n) is 4.44. The zero-order valence-electron chi connectivity index (χ0n) is 12.3.